The van der Waals surface area contributed by atoms with Gasteiger partial charge in [0.25, 0.3) is 0 Å². The molecule has 2 aromatic rings. The van der Waals surface area contributed by atoms with E-state index in [0.717, 1.165) is 23.2 Å². The lowest BCUT2D eigenvalue weighted by atomic mass is 9.99. The fourth-order valence-corrected chi connectivity index (χ4v) is 3.81. The molecule has 5 heteroatoms. The molecule has 0 fully saturated rings. The summed E-state index contributed by atoms with van der Waals surface area (Å²) in [6.45, 7) is 2.12. The first kappa shape index (κ1) is 16.0. The number of ether oxygens (including phenoxy) is 1. The second-order valence-corrected chi connectivity index (χ2v) is 6.68. The average Bonchev–Trinajstić information content (AvgIpc) is 3.09. The van der Waals surface area contributed by atoms with Crippen molar-refractivity contribution in [2.45, 2.75) is 18.6 Å². The van der Waals surface area contributed by atoms with Gasteiger partial charge < -0.3 is 9.72 Å². The van der Waals surface area contributed by atoms with E-state index < -0.39 is 0 Å². The third-order valence-electron chi connectivity index (χ3n) is 3.65. The Hall–Kier alpha value is -1.85. The van der Waals surface area contributed by atoms with Crippen LogP contribution in [-0.2, 0) is 4.74 Å². The van der Waals surface area contributed by atoms with E-state index >= 15 is 0 Å². The monoisotopic (exact) mass is 343 g/mol. The van der Waals surface area contributed by atoms with E-state index in [9.17, 15) is 4.79 Å². The molecule has 1 N–H and O–H groups in total. The maximum Gasteiger partial charge on any atom is 0.341 e. The highest BCUT2D eigenvalue weighted by Crippen LogP contribution is 2.39. The van der Waals surface area contributed by atoms with Gasteiger partial charge in [0, 0.05) is 11.3 Å². The molecule has 23 heavy (non-hydrogen) atoms. The van der Waals surface area contributed by atoms with Gasteiger partial charge in [-0.1, -0.05) is 48.6 Å². The first-order valence-corrected chi connectivity index (χ1v) is 8.86. The summed E-state index contributed by atoms with van der Waals surface area (Å²) in [5.74, 6) is -0.378. The van der Waals surface area contributed by atoms with Crippen LogP contribution in [0.3, 0.4) is 0 Å². The van der Waals surface area contributed by atoms with Gasteiger partial charge >= 0.3 is 5.97 Å². The Kier molecular flexibility index (Phi) is 4.98. The van der Waals surface area contributed by atoms with Crippen LogP contribution < -0.4 is 0 Å². The van der Waals surface area contributed by atoms with Crippen molar-refractivity contribution in [3.05, 3.63) is 63.8 Å². The predicted molar refractivity (Wildman–Crippen MR) is 97.1 cm³/mol. The fraction of sp³-hybridized carbons (Fsp3) is 0.222. The maximum atomic E-state index is 12.4. The van der Waals surface area contributed by atoms with Gasteiger partial charge in [0.15, 0.2) is 0 Å². The Morgan fingerprint density at radius 3 is 2.83 bits per heavy atom. The molecule has 118 valence electrons. The van der Waals surface area contributed by atoms with E-state index in [2.05, 4.69) is 16.5 Å². The Morgan fingerprint density at radius 1 is 1.39 bits per heavy atom. The number of esters is 1. The van der Waals surface area contributed by atoms with Crippen LogP contribution in [0.2, 0.25) is 0 Å². The summed E-state index contributed by atoms with van der Waals surface area (Å²) in [6, 6.07) is 11.9. The SMILES string of the molecule is CCOC(=O)c1c(-c2ccccc2)cc(C2CC=CS2)[nH]c1=S. The van der Waals surface area contributed by atoms with E-state index in [1.807, 2.05) is 36.4 Å². The van der Waals surface area contributed by atoms with Gasteiger partial charge in [-0.25, -0.2) is 4.79 Å². The summed E-state index contributed by atoms with van der Waals surface area (Å²) in [5.41, 5.74) is 3.27. The van der Waals surface area contributed by atoms with Gasteiger partial charge in [0.05, 0.1) is 11.9 Å². The minimum atomic E-state index is -0.378. The summed E-state index contributed by atoms with van der Waals surface area (Å²) < 4.78 is 5.63. The molecule has 3 rings (SSSR count). The predicted octanol–water partition coefficient (Wildman–Crippen LogP) is 5.28. The van der Waals surface area contributed by atoms with Crippen LogP contribution in [0.4, 0.5) is 0 Å². The second-order valence-electron chi connectivity index (χ2n) is 5.16. The normalized spacial score (nSPS) is 16.5. The van der Waals surface area contributed by atoms with E-state index in [1.54, 1.807) is 18.7 Å². The van der Waals surface area contributed by atoms with Crippen molar-refractivity contribution >= 4 is 29.9 Å². The smallest absolute Gasteiger partial charge is 0.341 e. The molecule has 1 aliphatic rings. The molecule has 1 aromatic heterocycles. The van der Waals surface area contributed by atoms with Crippen molar-refractivity contribution in [1.29, 1.82) is 0 Å². The van der Waals surface area contributed by atoms with Gasteiger partial charge in [-0.2, -0.15) is 0 Å². The van der Waals surface area contributed by atoms with Crippen molar-refractivity contribution < 1.29 is 9.53 Å². The largest absolute Gasteiger partial charge is 0.462 e. The number of allylic oxidation sites excluding steroid dienone is 1. The van der Waals surface area contributed by atoms with Gasteiger partial charge in [-0.3, -0.25) is 0 Å². The number of carbonyl (C=O) groups excluding carboxylic acids is 1. The lowest BCUT2D eigenvalue weighted by molar-refractivity contribution is 0.0526. The van der Waals surface area contributed by atoms with Gasteiger partial charge in [0.2, 0.25) is 0 Å². The summed E-state index contributed by atoms with van der Waals surface area (Å²) in [5, 5.41) is 2.42. The molecular weight excluding hydrogens is 326 g/mol. The van der Waals surface area contributed by atoms with E-state index in [4.69, 9.17) is 17.0 Å². The van der Waals surface area contributed by atoms with Crippen LogP contribution in [-0.4, -0.2) is 17.6 Å². The highest BCUT2D eigenvalue weighted by atomic mass is 32.2. The van der Waals surface area contributed by atoms with Crippen molar-refractivity contribution in [1.82, 2.24) is 4.98 Å². The van der Waals surface area contributed by atoms with Crippen molar-refractivity contribution in [3.63, 3.8) is 0 Å². The van der Waals surface area contributed by atoms with E-state index in [1.165, 1.54) is 0 Å². The standard InChI is InChI=1S/C18H17NO2S2/c1-2-21-18(20)16-13(12-7-4-3-5-8-12)11-14(19-17(16)22)15-9-6-10-23-15/h3-8,10-11,15H,2,9H2,1H3,(H,19,22). The number of nitrogens with one attached hydrogen (secondary N) is 1. The summed E-state index contributed by atoms with van der Waals surface area (Å²) in [7, 11) is 0. The van der Waals surface area contributed by atoms with Gasteiger partial charge in [0.1, 0.15) is 10.2 Å². The molecule has 1 aliphatic heterocycles. The highest BCUT2D eigenvalue weighted by Gasteiger charge is 2.21. The van der Waals surface area contributed by atoms with Gasteiger partial charge in [-0.15, -0.1) is 11.8 Å². The molecule has 2 heterocycles. The van der Waals surface area contributed by atoms with Crippen LogP contribution in [0.25, 0.3) is 11.1 Å². The second kappa shape index (κ2) is 7.15. The van der Waals surface area contributed by atoms with E-state index in [0.29, 0.717) is 22.1 Å². The van der Waals surface area contributed by atoms with Crippen molar-refractivity contribution in [2.24, 2.45) is 0 Å². The lowest BCUT2D eigenvalue weighted by Crippen LogP contribution is -2.10. The summed E-state index contributed by atoms with van der Waals surface area (Å²) in [6.07, 6.45) is 3.11. The molecule has 3 nitrogen and oxygen atoms in total. The number of thioether (sulfide) groups is 1. The Balaban J connectivity index is 2.15. The molecule has 0 saturated carbocycles. The van der Waals surface area contributed by atoms with Crippen molar-refractivity contribution in [3.8, 4) is 11.1 Å². The lowest BCUT2D eigenvalue weighted by Gasteiger charge is -2.15. The first-order valence-electron chi connectivity index (χ1n) is 7.51. The molecule has 0 spiro atoms. The number of pyridine rings is 1. The molecule has 1 unspecified atom stereocenters. The zero-order valence-electron chi connectivity index (χ0n) is 12.7. The van der Waals surface area contributed by atoms with Crippen LogP contribution in [0, 0.1) is 4.64 Å². The molecule has 1 atom stereocenters. The van der Waals surface area contributed by atoms with Crippen LogP contribution >= 0.6 is 24.0 Å². The topological polar surface area (TPSA) is 42.1 Å². The van der Waals surface area contributed by atoms with E-state index in [-0.39, 0.29) is 5.97 Å². The number of benzene rings is 1. The number of carbonyl (C=O) groups is 1. The molecular formula is C18H17NO2S2. The number of H-pyrrole nitrogens is 1. The Labute approximate surface area is 144 Å². The minimum absolute atomic E-state index is 0.315. The quantitative estimate of drug-likeness (QED) is 0.606. The molecule has 0 radical (unpaired) electrons. The maximum absolute atomic E-state index is 12.4. The number of hydrogen-bond donors (Lipinski definition) is 1. The third-order valence-corrected chi connectivity index (χ3v) is 5.09. The summed E-state index contributed by atoms with van der Waals surface area (Å²) >= 11 is 7.23. The molecule has 0 amide bonds. The minimum Gasteiger partial charge on any atom is -0.462 e. The molecule has 1 aromatic carbocycles. The molecule has 0 aliphatic carbocycles. The molecule has 0 bridgehead atoms. The van der Waals surface area contributed by atoms with Crippen LogP contribution in [0.15, 0.2) is 47.9 Å². The van der Waals surface area contributed by atoms with Crippen LogP contribution in [0.5, 0.6) is 0 Å². The zero-order chi connectivity index (χ0) is 16.2. The summed E-state index contributed by atoms with van der Waals surface area (Å²) in [4.78, 5) is 15.6. The van der Waals surface area contributed by atoms with Crippen LogP contribution in [0.1, 0.15) is 34.6 Å². The number of rotatable bonds is 4. The number of aromatic amines is 1. The molecule has 0 saturated heterocycles. The average molecular weight is 343 g/mol. The van der Waals surface area contributed by atoms with Crippen molar-refractivity contribution in [2.75, 3.05) is 6.61 Å². The number of hydrogen-bond acceptors (Lipinski definition) is 4. The van der Waals surface area contributed by atoms with Gasteiger partial charge in [-0.05, 0) is 30.4 Å². The Bertz CT molecular complexity index is 788. The fourth-order valence-electron chi connectivity index (χ4n) is 2.59. The number of aromatic nitrogens is 1. The highest BCUT2D eigenvalue weighted by molar-refractivity contribution is 8.02. The zero-order valence-corrected chi connectivity index (χ0v) is 14.4. The third kappa shape index (κ3) is 3.41. The first-order chi connectivity index (χ1) is 11.2. The Morgan fingerprint density at radius 2 is 2.17 bits per heavy atom.